The maximum Gasteiger partial charge on any atom is 0.256 e. The van der Waals surface area contributed by atoms with Crippen molar-refractivity contribution in [1.82, 2.24) is 34.6 Å². The summed E-state index contributed by atoms with van der Waals surface area (Å²) < 4.78 is 9.38. The predicted molar refractivity (Wildman–Crippen MR) is 105 cm³/mol. The number of aromatic nitrogens is 7. The van der Waals surface area contributed by atoms with Gasteiger partial charge in [-0.1, -0.05) is 30.3 Å². The lowest BCUT2D eigenvalue weighted by atomic mass is 10.2. The van der Waals surface area contributed by atoms with E-state index in [2.05, 4.69) is 39.0 Å². The fraction of sp³-hybridized carbons (Fsp3) is 0.316. The number of rotatable bonds is 7. The normalized spacial score (nSPS) is 11.1. The van der Waals surface area contributed by atoms with Crippen LogP contribution in [-0.2, 0) is 13.7 Å². The fourth-order valence-corrected chi connectivity index (χ4v) is 3.05. The van der Waals surface area contributed by atoms with Crippen molar-refractivity contribution in [2.24, 2.45) is 7.05 Å². The number of hydrogen-bond acceptors (Lipinski definition) is 7. The van der Waals surface area contributed by atoms with Crippen LogP contribution in [0.3, 0.4) is 0 Å². The van der Waals surface area contributed by atoms with E-state index in [0.717, 1.165) is 24.3 Å². The van der Waals surface area contributed by atoms with E-state index >= 15 is 0 Å². The molecule has 0 saturated carbocycles. The average molecular weight is 378 g/mol. The monoisotopic (exact) mass is 378 g/mol. The topological polar surface area (TPSA) is 86.3 Å². The van der Waals surface area contributed by atoms with Gasteiger partial charge in [-0.15, -0.1) is 15.3 Å². The molecule has 0 fully saturated rings. The lowest BCUT2D eigenvalue weighted by Crippen LogP contribution is -2.23. The molecule has 0 bridgehead atoms. The van der Waals surface area contributed by atoms with E-state index in [1.807, 2.05) is 43.4 Å². The van der Waals surface area contributed by atoms with E-state index in [4.69, 9.17) is 9.84 Å². The van der Waals surface area contributed by atoms with E-state index < -0.39 is 0 Å². The Hall–Kier alpha value is -3.49. The van der Waals surface area contributed by atoms with Crippen LogP contribution in [0.1, 0.15) is 19.7 Å². The van der Waals surface area contributed by atoms with Gasteiger partial charge in [-0.3, -0.25) is 4.68 Å². The first-order valence-corrected chi connectivity index (χ1v) is 9.23. The van der Waals surface area contributed by atoms with Crippen molar-refractivity contribution in [3.63, 3.8) is 0 Å². The molecule has 0 amide bonds. The second kappa shape index (κ2) is 7.63. The first-order chi connectivity index (χ1) is 13.7. The molecule has 3 heterocycles. The molecule has 9 heteroatoms. The summed E-state index contributed by atoms with van der Waals surface area (Å²) in [4.78, 5) is 6.39. The molecule has 3 aromatic heterocycles. The van der Waals surface area contributed by atoms with Crippen molar-refractivity contribution in [1.29, 1.82) is 0 Å². The van der Waals surface area contributed by atoms with Crippen LogP contribution in [0.2, 0.25) is 0 Å². The third-order valence-electron chi connectivity index (χ3n) is 4.46. The second-order valence-electron chi connectivity index (χ2n) is 6.29. The summed E-state index contributed by atoms with van der Waals surface area (Å²) in [6, 6.07) is 11.8. The minimum absolute atomic E-state index is 0.233. The number of nitrogens with zero attached hydrogens (tertiary/aromatic N) is 8. The third-order valence-corrected chi connectivity index (χ3v) is 4.46. The van der Waals surface area contributed by atoms with Gasteiger partial charge in [0.2, 0.25) is 0 Å². The van der Waals surface area contributed by atoms with Crippen LogP contribution in [-0.4, -0.2) is 47.7 Å². The molecule has 0 atom stereocenters. The number of hydrogen-bond donors (Lipinski definition) is 0. The van der Waals surface area contributed by atoms with E-state index in [-0.39, 0.29) is 6.61 Å². The summed E-state index contributed by atoms with van der Waals surface area (Å²) in [6.07, 6.45) is 1.65. The molecule has 28 heavy (non-hydrogen) atoms. The van der Waals surface area contributed by atoms with Crippen LogP contribution < -0.4 is 9.64 Å². The highest BCUT2D eigenvalue weighted by atomic mass is 16.5. The Balaban J connectivity index is 1.77. The summed E-state index contributed by atoms with van der Waals surface area (Å²) in [6.45, 7) is 6.07. The van der Waals surface area contributed by atoms with Gasteiger partial charge in [0.25, 0.3) is 5.88 Å². The van der Waals surface area contributed by atoms with Crippen LogP contribution in [0.25, 0.3) is 17.0 Å². The number of benzene rings is 1. The maximum absolute atomic E-state index is 6.02. The van der Waals surface area contributed by atoms with Crippen LogP contribution in [0.4, 0.5) is 5.69 Å². The summed E-state index contributed by atoms with van der Waals surface area (Å²) in [5, 5.41) is 17.6. The average Bonchev–Trinajstić information content (AvgIpc) is 3.33. The zero-order valence-corrected chi connectivity index (χ0v) is 16.1. The second-order valence-corrected chi connectivity index (χ2v) is 6.29. The smallest absolute Gasteiger partial charge is 0.256 e. The lowest BCUT2D eigenvalue weighted by molar-refractivity contribution is 0.280. The first-order valence-electron chi connectivity index (χ1n) is 9.23. The molecular weight excluding hydrogens is 356 g/mol. The third kappa shape index (κ3) is 3.38. The lowest BCUT2D eigenvalue weighted by Gasteiger charge is -2.22. The van der Waals surface area contributed by atoms with Crippen LogP contribution in [0.15, 0.2) is 42.7 Å². The van der Waals surface area contributed by atoms with Crippen LogP contribution >= 0.6 is 0 Å². The van der Waals surface area contributed by atoms with Gasteiger partial charge in [-0.05, 0) is 13.8 Å². The van der Waals surface area contributed by atoms with Crippen molar-refractivity contribution in [3.05, 3.63) is 48.5 Å². The molecule has 4 rings (SSSR count). The SMILES string of the molecule is CCN(CC)c1cc2nnc(-c3ccccc3)n2nc1OCc1ncn(C)n1. The van der Waals surface area contributed by atoms with Gasteiger partial charge in [0, 0.05) is 31.8 Å². The Morgan fingerprint density at radius 1 is 1.04 bits per heavy atom. The molecule has 9 nitrogen and oxygen atoms in total. The van der Waals surface area contributed by atoms with Crippen molar-refractivity contribution < 1.29 is 4.74 Å². The molecule has 0 aliphatic carbocycles. The molecule has 0 aliphatic rings. The van der Waals surface area contributed by atoms with E-state index in [1.165, 1.54) is 0 Å². The van der Waals surface area contributed by atoms with Crippen LogP contribution in [0, 0.1) is 0 Å². The molecule has 0 spiro atoms. The minimum Gasteiger partial charge on any atom is -0.467 e. The maximum atomic E-state index is 6.02. The molecule has 0 unspecified atom stereocenters. The fourth-order valence-electron chi connectivity index (χ4n) is 3.05. The minimum atomic E-state index is 0.233. The highest BCUT2D eigenvalue weighted by molar-refractivity contribution is 5.65. The van der Waals surface area contributed by atoms with E-state index in [1.54, 1.807) is 15.5 Å². The quantitative estimate of drug-likeness (QED) is 0.488. The predicted octanol–water partition coefficient (Wildman–Crippen LogP) is 2.34. The molecule has 0 N–H and O–H groups in total. The first kappa shape index (κ1) is 17.9. The Labute approximate surface area is 162 Å². The molecular formula is C19H22N8O. The van der Waals surface area contributed by atoms with Gasteiger partial charge in [0.15, 0.2) is 23.9 Å². The molecule has 1 aromatic carbocycles. The van der Waals surface area contributed by atoms with Gasteiger partial charge in [-0.25, -0.2) is 4.98 Å². The number of ether oxygens (including phenoxy) is 1. The molecule has 0 aliphatic heterocycles. The molecule has 4 aromatic rings. The van der Waals surface area contributed by atoms with E-state index in [0.29, 0.717) is 23.2 Å². The highest BCUT2D eigenvalue weighted by Gasteiger charge is 2.18. The van der Waals surface area contributed by atoms with Gasteiger partial charge in [0.05, 0.1) is 0 Å². The summed E-state index contributed by atoms with van der Waals surface area (Å²) in [5.41, 5.74) is 2.49. The standard InChI is InChI=1S/C19H22N8O/c1-4-26(5-2)15-11-17-21-22-18(14-9-7-6-8-10-14)27(17)24-19(15)28-12-16-20-13-25(3)23-16/h6-11,13H,4-5,12H2,1-3H3. The number of aryl methyl sites for hydroxylation is 1. The number of anilines is 1. The highest BCUT2D eigenvalue weighted by Crippen LogP contribution is 2.29. The van der Waals surface area contributed by atoms with Gasteiger partial charge in [-0.2, -0.15) is 9.61 Å². The van der Waals surface area contributed by atoms with Crippen molar-refractivity contribution in [2.75, 3.05) is 18.0 Å². The molecule has 144 valence electrons. The van der Waals surface area contributed by atoms with Gasteiger partial charge < -0.3 is 9.64 Å². The van der Waals surface area contributed by atoms with Gasteiger partial charge >= 0.3 is 0 Å². The van der Waals surface area contributed by atoms with Crippen molar-refractivity contribution in [2.45, 2.75) is 20.5 Å². The Morgan fingerprint density at radius 2 is 1.82 bits per heavy atom. The zero-order chi connectivity index (χ0) is 19.5. The Morgan fingerprint density at radius 3 is 2.50 bits per heavy atom. The summed E-state index contributed by atoms with van der Waals surface area (Å²) in [5.74, 6) is 1.77. The van der Waals surface area contributed by atoms with Crippen molar-refractivity contribution in [3.8, 4) is 17.3 Å². The Bertz CT molecular complexity index is 1070. The summed E-state index contributed by atoms with van der Waals surface area (Å²) in [7, 11) is 1.82. The molecule has 0 saturated heterocycles. The largest absolute Gasteiger partial charge is 0.467 e. The zero-order valence-electron chi connectivity index (χ0n) is 16.1. The van der Waals surface area contributed by atoms with Crippen LogP contribution in [0.5, 0.6) is 5.88 Å². The van der Waals surface area contributed by atoms with Crippen molar-refractivity contribution >= 4 is 11.3 Å². The van der Waals surface area contributed by atoms with E-state index in [9.17, 15) is 0 Å². The number of fused-ring (bicyclic) bond motifs is 1. The van der Waals surface area contributed by atoms with Gasteiger partial charge in [0.1, 0.15) is 12.0 Å². The summed E-state index contributed by atoms with van der Waals surface area (Å²) >= 11 is 0. The molecule has 0 radical (unpaired) electrons. The Kier molecular flexibility index (Phi) is 4.88.